The highest BCUT2D eigenvalue weighted by Gasteiger charge is 2.37. The number of carbonyl (C=O) groups is 6. The Bertz CT molecular complexity index is 1810. The average Bonchev–Trinajstić information content (AvgIpc) is 3.27. The van der Waals surface area contributed by atoms with Gasteiger partial charge in [0.05, 0.1) is 37.3 Å². The van der Waals surface area contributed by atoms with Crippen molar-refractivity contribution in [2.75, 3.05) is 20.2 Å². The van der Waals surface area contributed by atoms with Gasteiger partial charge in [-0.05, 0) is 87.8 Å². The fourth-order valence-corrected chi connectivity index (χ4v) is 8.37. The highest BCUT2D eigenvalue weighted by atomic mass is 16.6. The zero-order valence-electron chi connectivity index (χ0n) is 38.1. The molecule has 348 valence electrons. The van der Waals surface area contributed by atoms with Crippen LogP contribution in [-0.4, -0.2) is 101 Å². The van der Waals surface area contributed by atoms with Crippen molar-refractivity contribution in [3.63, 3.8) is 0 Å². The van der Waals surface area contributed by atoms with Crippen molar-refractivity contribution < 1.29 is 48.1 Å². The van der Waals surface area contributed by atoms with Gasteiger partial charge in [-0.1, -0.05) is 101 Å². The number of aliphatic hydroxyl groups is 1. The van der Waals surface area contributed by atoms with E-state index in [4.69, 9.17) is 19.9 Å². The van der Waals surface area contributed by atoms with E-state index in [-0.39, 0.29) is 42.8 Å². The minimum atomic E-state index is -1.44. The number of carbonyl (C=O) groups excluding carboxylic acids is 6. The Morgan fingerprint density at radius 1 is 0.937 bits per heavy atom. The number of hydrogen-bond donors (Lipinski definition) is 4. The lowest BCUT2D eigenvalue weighted by Gasteiger charge is -2.38. The number of amides is 4. The number of methoxy groups -OCH3 is 1. The van der Waals surface area contributed by atoms with Gasteiger partial charge in [0.15, 0.2) is 0 Å². The third-order valence-corrected chi connectivity index (χ3v) is 12.1. The zero-order valence-corrected chi connectivity index (χ0v) is 38.1. The Balaban J connectivity index is 1.58. The molecule has 0 radical (unpaired) electrons. The smallest absolute Gasteiger partial charge is 0.410 e. The molecule has 1 saturated heterocycles. The normalized spacial score (nSPS) is 18.2. The monoisotopic (exact) mass is 878 g/mol. The predicted octanol–water partition coefficient (Wildman–Crippen LogP) is 5.99. The van der Waals surface area contributed by atoms with Gasteiger partial charge >= 0.3 is 18.0 Å². The van der Waals surface area contributed by atoms with Gasteiger partial charge < -0.3 is 35.3 Å². The molecule has 1 aliphatic heterocycles. The predicted molar refractivity (Wildman–Crippen MR) is 237 cm³/mol. The molecule has 6 atom stereocenters. The third kappa shape index (κ3) is 16.2. The molecule has 2 aromatic carbocycles. The largest absolute Gasteiger partial charge is 0.467 e. The SMILES string of the molecule is CC[C@H](C)[C@H](NC(=O)CC(O)[C@H](CC1CCCCC1)N(NC(=O)[C@@H](N)Cc1ccccc1C(=O)OC(C)(C)C)C(=O)CCC1CCCN(C(=O)OCc2ccccc2)C1)C(=O)OC. The lowest BCUT2D eigenvalue weighted by atomic mass is 9.83. The molecule has 4 rings (SSSR count). The van der Waals surface area contributed by atoms with Crippen molar-refractivity contribution >= 4 is 35.8 Å². The molecule has 63 heavy (non-hydrogen) atoms. The summed E-state index contributed by atoms with van der Waals surface area (Å²) in [7, 11) is 1.24. The number of ether oxygens (including phenoxy) is 3. The van der Waals surface area contributed by atoms with E-state index in [1.807, 2.05) is 44.2 Å². The van der Waals surface area contributed by atoms with Crippen molar-refractivity contribution in [1.29, 1.82) is 0 Å². The molecule has 2 aromatic rings. The van der Waals surface area contributed by atoms with Gasteiger partial charge in [-0.25, -0.2) is 19.4 Å². The maximum Gasteiger partial charge on any atom is 0.410 e. The first kappa shape index (κ1) is 50.6. The summed E-state index contributed by atoms with van der Waals surface area (Å²) in [4.78, 5) is 82.8. The van der Waals surface area contributed by atoms with Gasteiger partial charge in [0, 0.05) is 19.5 Å². The van der Waals surface area contributed by atoms with Crippen LogP contribution in [0.15, 0.2) is 54.6 Å². The first-order valence-corrected chi connectivity index (χ1v) is 22.7. The lowest BCUT2D eigenvalue weighted by Crippen LogP contribution is -2.60. The summed E-state index contributed by atoms with van der Waals surface area (Å²) < 4.78 is 16.2. The van der Waals surface area contributed by atoms with E-state index in [1.54, 1.807) is 49.9 Å². The van der Waals surface area contributed by atoms with Crippen LogP contribution in [0.5, 0.6) is 0 Å². The van der Waals surface area contributed by atoms with Crippen LogP contribution < -0.4 is 16.5 Å². The van der Waals surface area contributed by atoms with Crippen LogP contribution in [0.1, 0.15) is 133 Å². The number of esters is 2. The van der Waals surface area contributed by atoms with E-state index in [0.717, 1.165) is 55.5 Å². The van der Waals surface area contributed by atoms with Crippen LogP contribution in [-0.2, 0) is 46.4 Å². The van der Waals surface area contributed by atoms with E-state index < -0.39 is 72.0 Å². The van der Waals surface area contributed by atoms with E-state index in [2.05, 4.69) is 10.7 Å². The number of benzene rings is 2. The Kier molecular flexibility index (Phi) is 19.9. The third-order valence-electron chi connectivity index (χ3n) is 12.1. The maximum atomic E-state index is 14.6. The summed E-state index contributed by atoms with van der Waals surface area (Å²) in [6, 6.07) is 12.9. The van der Waals surface area contributed by atoms with Crippen LogP contribution in [0.3, 0.4) is 0 Å². The number of nitrogens with two attached hydrogens (primary N) is 1. The fraction of sp³-hybridized carbons (Fsp3) is 0.625. The minimum Gasteiger partial charge on any atom is -0.467 e. The molecule has 15 nitrogen and oxygen atoms in total. The molecule has 0 spiro atoms. The molecule has 5 N–H and O–H groups in total. The van der Waals surface area contributed by atoms with Gasteiger partial charge in [0.1, 0.15) is 18.2 Å². The number of hydrogen-bond acceptors (Lipinski definition) is 11. The quantitative estimate of drug-likeness (QED) is 0.0732. The lowest BCUT2D eigenvalue weighted by molar-refractivity contribution is -0.151. The average molecular weight is 878 g/mol. The van der Waals surface area contributed by atoms with Crippen molar-refractivity contribution in [1.82, 2.24) is 20.7 Å². The molecule has 0 bridgehead atoms. The second kappa shape index (κ2) is 24.7. The van der Waals surface area contributed by atoms with Crippen LogP contribution >= 0.6 is 0 Å². The molecule has 15 heteroatoms. The second-order valence-corrected chi connectivity index (χ2v) is 18.3. The molecule has 2 fully saturated rings. The van der Waals surface area contributed by atoms with Crippen LogP contribution in [0.25, 0.3) is 0 Å². The van der Waals surface area contributed by atoms with E-state index in [9.17, 15) is 33.9 Å². The van der Waals surface area contributed by atoms with Crippen LogP contribution in [0.4, 0.5) is 4.79 Å². The molecule has 1 aliphatic carbocycles. The van der Waals surface area contributed by atoms with Crippen molar-refractivity contribution in [3.8, 4) is 0 Å². The number of nitrogens with zero attached hydrogens (tertiary/aromatic N) is 2. The number of likely N-dealkylation sites (tertiary alicyclic amines) is 1. The van der Waals surface area contributed by atoms with Crippen molar-refractivity contribution in [2.45, 2.75) is 155 Å². The molecule has 1 heterocycles. The van der Waals surface area contributed by atoms with Crippen molar-refractivity contribution in [3.05, 3.63) is 71.3 Å². The summed E-state index contributed by atoms with van der Waals surface area (Å²) in [5.74, 6) is -3.19. The summed E-state index contributed by atoms with van der Waals surface area (Å²) in [5, 5.41) is 15.9. The highest BCUT2D eigenvalue weighted by Crippen LogP contribution is 2.31. The Morgan fingerprint density at radius 2 is 1.60 bits per heavy atom. The molecule has 1 saturated carbocycles. The first-order valence-electron chi connectivity index (χ1n) is 22.7. The number of piperidine rings is 1. The number of aliphatic hydroxyl groups excluding tert-OH is 1. The number of rotatable bonds is 19. The molecule has 0 aromatic heterocycles. The van der Waals surface area contributed by atoms with Gasteiger partial charge in [0.25, 0.3) is 5.91 Å². The Labute approximate surface area is 373 Å². The minimum absolute atomic E-state index is 0.0346. The summed E-state index contributed by atoms with van der Waals surface area (Å²) in [6.45, 7) is 10.0. The topological polar surface area (TPSA) is 207 Å². The summed E-state index contributed by atoms with van der Waals surface area (Å²) in [5.41, 5.74) is 10.2. The molecule has 2 aliphatic rings. The molecule has 4 amide bonds. The van der Waals surface area contributed by atoms with Crippen LogP contribution in [0, 0.1) is 17.8 Å². The molecular weight excluding hydrogens is 807 g/mol. The van der Waals surface area contributed by atoms with Gasteiger partial charge in [-0.15, -0.1) is 0 Å². The fourth-order valence-electron chi connectivity index (χ4n) is 8.37. The van der Waals surface area contributed by atoms with Gasteiger partial charge in [-0.2, -0.15) is 0 Å². The van der Waals surface area contributed by atoms with Crippen molar-refractivity contribution in [2.24, 2.45) is 23.5 Å². The number of nitrogens with one attached hydrogen (secondary N) is 2. The van der Waals surface area contributed by atoms with E-state index in [1.165, 1.54) is 7.11 Å². The van der Waals surface area contributed by atoms with E-state index >= 15 is 0 Å². The van der Waals surface area contributed by atoms with E-state index in [0.29, 0.717) is 37.9 Å². The summed E-state index contributed by atoms with van der Waals surface area (Å²) in [6.07, 6.45) is 5.03. The maximum absolute atomic E-state index is 14.6. The molecule has 2 unspecified atom stereocenters. The van der Waals surface area contributed by atoms with Gasteiger partial charge in [0.2, 0.25) is 11.8 Å². The standard InChI is InChI=1S/C48H71N5O10/c1-7-32(2)43(46(59)61-6)50-41(55)29-40(54)39(27-33-17-10-8-11-18-33)53(51-44(57)38(49)28-36-22-14-15-23-37(36)45(58)63-48(3,4)5)42(56)25-24-34-21-16-26-52(30-34)47(60)62-31-35-19-12-9-13-20-35/h9,12-15,19-20,22-23,32-34,38-40,43,54H,7-8,10-11,16-18,21,24-31,49H2,1-6H3,(H,50,55)(H,51,57)/t32-,34?,38-,39-,40?,43-/m0/s1. The summed E-state index contributed by atoms with van der Waals surface area (Å²) >= 11 is 0. The number of hydrazine groups is 1. The Morgan fingerprint density at radius 3 is 2.27 bits per heavy atom. The molecular formula is C48H71N5O10. The van der Waals surface area contributed by atoms with Gasteiger partial charge in [-0.3, -0.25) is 19.8 Å². The zero-order chi connectivity index (χ0) is 46.1. The second-order valence-electron chi connectivity index (χ2n) is 18.3. The van der Waals surface area contributed by atoms with Crippen LogP contribution in [0.2, 0.25) is 0 Å². The first-order chi connectivity index (χ1) is 30.0. The Hall–Kier alpha value is -5.02. The highest BCUT2D eigenvalue weighted by molar-refractivity contribution is 5.92.